The summed E-state index contributed by atoms with van der Waals surface area (Å²) >= 11 is 5.92. The molecule has 0 saturated carbocycles. The smallest absolute Gasteiger partial charge is 0.358 e. The first kappa shape index (κ1) is 11.9. The standard InChI is InChI=1S/C12H11ClFNO2/c1-3-17-12(16)11-10(14)9-7(13)5-4-6-8(9)15(11)2/h4-6H,3H2,1-2H3. The van der Waals surface area contributed by atoms with Gasteiger partial charge >= 0.3 is 5.97 Å². The third-order valence-electron chi connectivity index (χ3n) is 2.58. The van der Waals surface area contributed by atoms with Crippen molar-refractivity contribution in [1.29, 1.82) is 0 Å². The molecule has 0 atom stereocenters. The van der Waals surface area contributed by atoms with Crippen LogP contribution >= 0.6 is 11.6 Å². The number of nitrogens with zero attached hydrogens (tertiary/aromatic N) is 1. The maximum absolute atomic E-state index is 14.1. The number of carbonyl (C=O) groups excluding carboxylic acids is 1. The molecule has 3 nitrogen and oxygen atoms in total. The first-order valence-corrected chi connectivity index (χ1v) is 5.55. The topological polar surface area (TPSA) is 31.2 Å². The summed E-state index contributed by atoms with van der Waals surface area (Å²) in [7, 11) is 1.61. The van der Waals surface area contributed by atoms with E-state index < -0.39 is 11.8 Å². The zero-order valence-electron chi connectivity index (χ0n) is 9.46. The van der Waals surface area contributed by atoms with Gasteiger partial charge in [0.2, 0.25) is 0 Å². The summed E-state index contributed by atoms with van der Waals surface area (Å²) in [6.45, 7) is 1.87. The van der Waals surface area contributed by atoms with E-state index in [2.05, 4.69) is 0 Å². The van der Waals surface area contributed by atoms with Crippen molar-refractivity contribution in [2.24, 2.45) is 7.05 Å². The molecule has 1 aromatic carbocycles. The Labute approximate surface area is 103 Å². The number of carbonyl (C=O) groups is 1. The largest absolute Gasteiger partial charge is 0.461 e. The predicted octanol–water partition coefficient (Wildman–Crippen LogP) is 3.15. The van der Waals surface area contributed by atoms with E-state index in [1.807, 2.05) is 0 Å². The van der Waals surface area contributed by atoms with Crippen molar-refractivity contribution in [3.05, 3.63) is 34.7 Å². The van der Waals surface area contributed by atoms with Gasteiger partial charge in [0.25, 0.3) is 0 Å². The summed E-state index contributed by atoms with van der Waals surface area (Å²) in [5, 5.41) is 0.533. The van der Waals surface area contributed by atoms with Crippen molar-refractivity contribution < 1.29 is 13.9 Å². The second-order valence-electron chi connectivity index (χ2n) is 3.58. The Morgan fingerprint density at radius 2 is 2.24 bits per heavy atom. The highest BCUT2D eigenvalue weighted by Gasteiger charge is 2.23. The molecule has 17 heavy (non-hydrogen) atoms. The minimum atomic E-state index is -0.681. The molecule has 1 heterocycles. The molecular weight excluding hydrogens is 245 g/mol. The van der Waals surface area contributed by atoms with E-state index in [0.717, 1.165) is 0 Å². The highest BCUT2D eigenvalue weighted by molar-refractivity contribution is 6.35. The molecule has 0 unspecified atom stereocenters. The summed E-state index contributed by atoms with van der Waals surface area (Å²) in [4.78, 5) is 11.6. The first-order chi connectivity index (χ1) is 8.07. The fraction of sp³-hybridized carbons (Fsp3) is 0.250. The second kappa shape index (κ2) is 4.37. The molecule has 0 aliphatic rings. The lowest BCUT2D eigenvalue weighted by Gasteiger charge is -2.03. The third kappa shape index (κ3) is 1.78. The van der Waals surface area contributed by atoms with Crippen LogP contribution in [0, 0.1) is 5.82 Å². The van der Waals surface area contributed by atoms with Crippen LogP contribution < -0.4 is 0 Å². The van der Waals surface area contributed by atoms with E-state index in [4.69, 9.17) is 16.3 Å². The molecule has 0 aliphatic heterocycles. The monoisotopic (exact) mass is 255 g/mol. The Balaban J connectivity index is 2.73. The highest BCUT2D eigenvalue weighted by atomic mass is 35.5. The van der Waals surface area contributed by atoms with E-state index in [0.29, 0.717) is 5.52 Å². The number of esters is 1. The maximum atomic E-state index is 14.1. The van der Waals surface area contributed by atoms with Gasteiger partial charge in [0.1, 0.15) is 0 Å². The van der Waals surface area contributed by atoms with Gasteiger partial charge in [-0.25, -0.2) is 9.18 Å². The molecular formula is C12H11ClFNO2. The molecule has 0 spiro atoms. The molecule has 0 radical (unpaired) electrons. The number of hydrogen-bond acceptors (Lipinski definition) is 2. The number of halogens is 2. The Bertz CT molecular complexity index is 592. The molecule has 90 valence electrons. The second-order valence-corrected chi connectivity index (χ2v) is 3.98. The number of benzene rings is 1. The summed E-state index contributed by atoms with van der Waals surface area (Å²) in [5.74, 6) is -1.31. The summed E-state index contributed by atoms with van der Waals surface area (Å²) in [5.41, 5.74) is 0.466. The van der Waals surface area contributed by atoms with Gasteiger partial charge in [-0.05, 0) is 19.1 Å². The van der Waals surface area contributed by atoms with E-state index in [-0.39, 0.29) is 22.7 Å². The quantitative estimate of drug-likeness (QED) is 0.772. The summed E-state index contributed by atoms with van der Waals surface area (Å²) in [6, 6.07) is 4.99. The van der Waals surface area contributed by atoms with Gasteiger partial charge in [-0.15, -0.1) is 0 Å². The fourth-order valence-corrected chi connectivity index (χ4v) is 2.07. The molecule has 1 aromatic heterocycles. The number of rotatable bonds is 2. The lowest BCUT2D eigenvalue weighted by Crippen LogP contribution is -2.11. The van der Waals surface area contributed by atoms with Crippen LogP contribution in [0.3, 0.4) is 0 Å². The number of ether oxygens (including phenoxy) is 1. The highest BCUT2D eigenvalue weighted by Crippen LogP contribution is 2.30. The summed E-state index contributed by atoms with van der Waals surface area (Å²) in [6.07, 6.45) is 0. The Morgan fingerprint density at radius 3 is 2.82 bits per heavy atom. The normalized spacial score (nSPS) is 10.8. The third-order valence-corrected chi connectivity index (χ3v) is 2.90. The van der Waals surface area contributed by atoms with Gasteiger partial charge in [0.05, 0.1) is 22.5 Å². The minimum Gasteiger partial charge on any atom is -0.461 e. The lowest BCUT2D eigenvalue weighted by atomic mass is 10.2. The zero-order valence-corrected chi connectivity index (χ0v) is 10.2. The van der Waals surface area contributed by atoms with E-state index in [9.17, 15) is 9.18 Å². The fourth-order valence-electron chi connectivity index (χ4n) is 1.82. The van der Waals surface area contributed by atoms with Crippen LogP contribution in [-0.2, 0) is 11.8 Å². The van der Waals surface area contributed by atoms with Crippen LogP contribution in [0.1, 0.15) is 17.4 Å². The Hall–Kier alpha value is -1.55. The van der Waals surface area contributed by atoms with E-state index >= 15 is 0 Å². The van der Waals surface area contributed by atoms with Crippen LogP contribution in [0.4, 0.5) is 4.39 Å². The van der Waals surface area contributed by atoms with Gasteiger partial charge in [0.15, 0.2) is 11.5 Å². The van der Waals surface area contributed by atoms with E-state index in [1.165, 1.54) is 4.57 Å². The van der Waals surface area contributed by atoms with Crippen molar-refractivity contribution in [3.63, 3.8) is 0 Å². The number of fused-ring (bicyclic) bond motifs is 1. The predicted molar refractivity (Wildman–Crippen MR) is 63.8 cm³/mol. The zero-order chi connectivity index (χ0) is 12.6. The van der Waals surface area contributed by atoms with Gasteiger partial charge in [-0.3, -0.25) is 0 Å². The average molecular weight is 256 g/mol. The van der Waals surface area contributed by atoms with Crippen LogP contribution in [0.25, 0.3) is 10.9 Å². The van der Waals surface area contributed by atoms with Crippen molar-refractivity contribution >= 4 is 28.5 Å². The van der Waals surface area contributed by atoms with E-state index in [1.54, 1.807) is 32.2 Å². The Morgan fingerprint density at radius 1 is 1.53 bits per heavy atom. The molecule has 0 amide bonds. The van der Waals surface area contributed by atoms with Gasteiger partial charge < -0.3 is 9.30 Å². The molecule has 0 saturated heterocycles. The summed E-state index contributed by atoms with van der Waals surface area (Å²) < 4.78 is 20.4. The minimum absolute atomic E-state index is 0.102. The van der Waals surface area contributed by atoms with Gasteiger partial charge in [-0.1, -0.05) is 17.7 Å². The molecule has 2 aromatic rings. The number of aromatic nitrogens is 1. The number of hydrogen-bond donors (Lipinski definition) is 0. The molecule has 0 bridgehead atoms. The maximum Gasteiger partial charge on any atom is 0.358 e. The average Bonchev–Trinajstić information content (AvgIpc) is 2.53. The van der Waals surface area contributed by atoms with Crippen molar-refractivity contribution in [3.8, 4) is 0 Å². The molecule has 0 aliphatic carbocycles. The van der Waals surface area contributed by atoms with Crippen LogP contribution in [0.5, 0.6) is 0 Å². The number of aryl methyl sites for hydroxylation is 1. The van der Waals surface area contributed by atoms with Crippen molar-refractivity contribution in [2.45, 2.75) is 6.92 Å². The molecule has 5 heteroatoms. The first-order valence-electron chi connectivity index (χ1n) is 5.17. The molecule has 0 N–H and O–H groups in total. The molecule has 0 fully saturated rings. The van der Waals surface area contributed by atoms with Crippen LogP contribution in [-0.4, -0.2) is 17.1 Å². The van der Waals surface area contributed by atoms with Crippen molar-refractivity contribution in [1.82, 2.24) is 4.57 Å². The van der Waals surface area contributed by atoms with Crippen molar-refractivity contribution in [2.75, 3.05) is 6.61 Å². The SMILES string of the molecule is CCOC(=O)c1c(F)c2c(Cl)cccc2n1C. The van der Waals surface area contributed by atoms with Gasteiger partial charge in [-0.2, -0.15) is 0 Å². The van der Waals surface area contributed by atoms with Crippen LogP contribution in [0.15, 0.2) is 18.2 Å². The Kier molecular flexibility index (Phi) is 3.07. The van der Waals surface area contributed by atoms with Gasteiger partial charge in [0, 0.05) is 7.05 Å². The molecule has 2 rings (SSSR count). The van der Waals surface area contributed by atoms with Crippen LogP contribution in [0.2, 0.25) is 5.02 Å². The lowest BCUT2D eigenvalue weighted by molar-refractivity contribution is 0.0510.